The van der Waals surface area contributed by atoms with Gasteiger partial charge in [-0.05, 0) is 35.5 Å². The van der Waals surface area contributed by atoms with Crippen LogP contribution < -0.4 is 0 Å². The van der Waals surface area contributed by atoms with Crippen molar-refractivity contribution >= 4 is 11.6 Å². The monoisotopic (exact) mass is 275 g/mol. The fourth-order valence-electron chi connectivity index (χ4n) is 1.53. The Morgan fingerprint density at radius 3 is 2.79 bits per heavy atom. The van der Waals surface area contributed by atoms with E-state index in [0.29, 0.717) is 17.2 Å². The van der Waals surface area contributed by atoms with Crippen LogP contribution in [0, 0.1) is 5.82 Å². The molecule has 0 aliphatic carbocycles. The highest BCUT2D eigenvalue weighted by molar-refractivity contribution is 6.30. The molecule has 1 aromatic carbocycles. The third-order valence-corrected chi connectivity index (χ3v) is 2.73. The largest absolute Gasteiger partial charge is 0.253 e. The van der Waals surface area contributed by atoms with Gasteiger partial charge in [-0.3, -0.25) is 4.98 Å². The minimum atomic E-state index is -0.490. The lowest BCUT2D eigenvalue weighted by Gasteiger charge is -1.99. The molecule has 0 spiro atoms. The van der Waals surface area contributed by atoms with Crippen molar-refractivity contribution in [3.8, 4) is 17.2 Å². The van der Waals surface area contributed by atoms with Crippen LogP contribution in [-0.4, -0.2) is 25.2 Å². The summed E-state index contributed by atoms with van der Waals surface area (Å²) in [7, 11) is 0. The highest BCUT2D eigenvalue weighted by Crippen LogP contribution is 2.18. The molecule has 0 saturated heterocycles. The Balaban J connectivity index is 1.99. The SMILES string of the molecule is Fc1ccc(-n2nnc(-c3ccccn3)n2)cc1Cl. The van der Waals surface area contributed by atoms with Crippen molar-refractivity contribution in [1.82, 2.24) is 25.2 Å². The Morgan fingerprint density at radius 1 is 1.16 bits per heavy atom. The van der Waals surface area contributed by atoms with Gasteiger partial charge in [0.25, 0.3) is 0 Å². The molecular formula is C12H7ClFN5. The Hall–Kier alpha value is -2.34. The molecule has 0 N–H and O–H groups in total. The van der Waals surface area contributed by atoms with Gasteiger partial charge in [-0.15, -0.1) is 15.0 Å². The number of benzene rings is 1. The van der Waals surface area contributed by atoms with E-state index in [0.717, 1.165) is 0 Å². The molecule has 2 heterocycles. The van der Waals surface area contributed by atoms with E-state index in [1.54, 1.807) is 18.3 Å². The topological polar surface area (TPSA) is 56.5 Å². The van der Waals surface area contributed by atoms with E-state index in [-0.39, 0.29) is 5.02 Å². The van der Waals surface area contributed by atoms with Crippen LogP contribution in [0.2, 0.25) is 5.02 Å². The third-order valence-electron chi connectivity index (χ3n) is 2.44. The second-order valence-electron chi connectivity index (χ2n) is 3.72. The van der Waals surface area contributed by atoms with Crippen molar-refractivity contribution in [3.05, 3.63) is 53.4 Å². The van der Waals surface area contributed by atoms with Crippen LogP contribution in [0.25, 0.3) is 17.2 Å². The Morgan fingerprint density at radius 2 is 2.05 bits per heavy atom. The van der Waals surface area contributed by atoms with Crippen LogP contribution in [0.1, 0.15) is 0 Å². The van der Waals surface area contributed by atoms with Crippen molar-refractivity contribution in [2.75, 3.05) is 0 Å². The maximum Gasteiger partial charge on any atom is 0.223 e. The van der Waals surface area contributed by atoms with E-state index < -0.39 is 5.82 Å². The van der Waals surface area contributed by atoms with Crippen LogP contribution in [0.3, 0.4) is 0 Å². The highest BCUT2D eigenvalue weighted by atomic mass is 35.5. The first-order valence-electron chi connectivity index (χ1n) is 5.41. The molecule has 3 rings (SSSR count). The number of rotatable bonds is 2. The van der Waals surface area contributed by atoms with Crippen LogP contribution in [0.15, 0.2) is 42.6 Å². The zero-order chi connectivity index (χ0) is 13.2. The first kappa shape index (κ1) is 11.7. The quantitative estimate of drug-likeness (QED) is 0.721. The van der Waals surface area contributed by atoms with E-state index in [9.17, 15) is 4.39 Å². The molecule has 3 aromatic rings. The molecule has 0 aliphatic rings. The van der Waals surface area contributed by atoms with Crippen molar-refractivity contribution in [2.45, 2.75) is 0 Å². The maximum atomic E-state index is 13.1. The number of hydrogen-bond donors (Lipinski definition) is 0. The lowest BCUT2D eigenvalue weighted by Crippen LogP contribution is -1.99. The normalized spacial score (nSPS) is 10.6. The number of hydrogen-bond acceptors (Lipinski definition) is 4. The Kier molecular flexibility index (Phi) is 2.92. The van der Waals surface area contributed by atoms with Crippen molar-refractivity contribution in [1.29, 1.82) is 0 Å². The first-order chi connectivity index (χ1) is 9.24. The van der Waals surface area contributed by atoms with E-state index in [4.69, 9.17) is 11.6 Å². The summed E-state index contributed by atoms with van der Waals surface area (Å²) >= 11 is 5.71. The fourth-order valence-corrected chi connectivity index (χ4v) is 1.71. The standard InChI is InChI=1S/C12H7ClFN5/c13-9-7-8(4-5-10(9)14)19-17-12(16-18-19)11-3-1-2-6-15-11/h1-7H. The summed E-state index contributed by atoms with van der Waals surface area (Å²) in [5, 5.41) is 12.0. The van der Waals surface area contributed by atoms with Gasteiger partial charge in [-0.2, -0.15) is 0 Å². The van der Waals surface area contributed by atoms with Gasteiger partial charge >= 0.3 is 0 Å². The summed E-state index contributed by atoms with van der Waals surface area (Å²) in [4.78, 5) is 5.40. The minimum absolute atomic E-state index is 0.00851. The maximum absolute atomic E-state index is 13.1. The summed E-state index contributed by atoms with van der Waals surface area (Å²) in [6.45, 7) is 0. The van der Waals surface area contributed by atoms with Crippen molar-refractivity contribution in [2.24, 2.45) is 0 Å². The van der Waals surface area contributed by atoms with Gasteiger partial charge in [0.05, 0.1) is 10.7 Å². The van der Waals surface area contributed by atoms with Gasteiger partial charge in [0.1, 0.15) is 11.5 Å². The molecule has 2 aromatic heterocycles. The molecule has 0 atom stereocenters. The minimum Gasteiger partial charge on any atom is -0.253 e. The molecule has 94 valence electrons. The van der Waals surface area contributed by atoms with E-state index in [2.05, 4.69) is 20.4 Å². The third kappa shape index (κ3) is 2.30. The van der Waals surface area contributed by atoms with Crippen molar-refractivity contribution < 1.29 is 4.39 Å². The zero-order valence-electron chi connectivity index (χ0n) is 9.53. The summed E-state index contributed by atoms with van der Waals surface area (Å²) in [6, 6.07) is 9.61. The number of halogens is 2. The average molecular weight is 276 g/mol. The molecule has 0 saturated carbocycles. The molecule has 0 aliphatic heterocycles. The lowest BCUT2D eigenvalue weighted by molar-refractivity contribution is 0.626. The van der Waals surface area contributed by atoms with Gasteiger partial charge in [-0.25, -0.2) is 4.39 Å². The first-order valence-corrected chi connectivity index (χ1v) is 5.79. The zero-order valence-corrected chi connectivity index (χ0v) is 10.3. The number of aromatic nitrogens is 5. The highest BCUT2D eigenvalue weighted by Gasteiger charge is 2.09. The Bertz CT molecular complexity index is 713. The molecule has 7 heteroatoms. The molecule has 0 amide bonds. The summed E-state index contributed by atoms with van der Waals surface area (Å²) in [6.07, 6.45) is 1.64. The van der Waals surface area contributed by atoms with Crippen LogP contribution in [0.5, 0.6) is 0 Å². The number of tetrazole rings is 1. The van der Waals surface area contributed by atoms with E-state index in [1.807, 2.05) is 6.07 Å². The Labute approximate surface area is 112 Å². The van der Waals surface area contributed by atoms with Gasteiger partial charge in [0.2, 0.25) is 5.82 Å². The molecule has 0 fully saturated rings. The van der Waals surface area contributed by atoms with Crippen LogP contribution >= 0.6 is 11.6 Å². The van der Waals surface area contributed by atoms with Crippen molar-refractivity contribution in [3.63, 3.8) is 0 Å². The molecule has 5 nitrogen and oxygen atoms in total. The van der Waals surface area contributed by atoms with Crippen LogP contribution in [-0.2, 0) is 0 Å². The van der Waals surface area contributed by atoms with Gasteiger partial charge in [-0.1, -0.05) is 17.7 Å². The molecule has 0 radical (unpaired) electrons. The second kappa shape index (κ2) is 4.74. The van der Waals surface area contributed by atoms with Gasteiger partial charge < -0.3 is 0 Å². The molecule has 0 unspecified atom stereocenters. The van der Waals surface area contributed by atoms with Gasteiger partial charge in [0.15, 0.2) is 0 Å². The van der Waals surface area contributed by atoms with Gasteiger partial charge in [0, 0.05) is 6.20 Å². The summed E-state index contributed by atoms with van der Waals surface area (Å²) in [5.74, 6) is -0.100. The fraction of sp³-hybridized carbons (Fsp3) is 0. The number of pyridine rings is 1. The van der Waals surface area contributed by atoms with Crippen LogP contribution in [0.4, 0.5) is 4.39 Å². The van der Waals surface area contributed by atoms with E-state index >= 15 is 0 Å². The molecular weight excluding hydrogens is 269 g/mol. The summed E-state index contributed by atoms with van der Waals surface area (Å²) in [5.41, 5.74) is 1.14. The predicted octanol–water partition coefficient (Wildman–Crippen LogP) is 2.52. The summed E-state index contributed by atoms with van der Waals surface area (Å²) < 4.78 is 13.1. The average Bonchev–Trinajstić information content (AvgIpc) is 2.93. The lowest BCUT2D eigenvalue weighted by atomic mass is 10.3. The smallest absolute Gasteiger partial charge is 0.223 e. The predicted molar refractivity (Wildman–Crippen MR) is 67.4 cm³/mol. The molecule has 0 bridgehead atoms. The second-order valence-corrected chi connectivity index (χ2v) is 4.12. The van der Waals surface area contributed by atoms with E-state index in [1.165, 1.54) is 23.0 Å². The number of nitrogens with zero attached hydrogens (tertiary/aromatic N) is 5. The molecule has 19 heavy (non-hydrogen) atoms.